The maximum atomic E-state index is 11.6. The summed E-state index contributed by atoms with van der Waals surface area (Å²) in [5.41, 5.74) is 0.652. The largest absolute Gasteiger partial charge is 1.00 e. The van der Waals surface area contributed by atoms with E-state index < -0.39 is 6.10 Å². The van der Waals surface area contributed by atoms with E-state index in [0.717, 1.165) is 6.42 Å². The fourth-order valence-electron chi connectivity index (χ4n) is 1.97. The van der Waals surface area contributed by atoms with E-state index in [1.54, 1.807) is 12.1 Å². The van der Waals surface area contributed by atoms with Crippen LogP contribution >= 0.6 is 0 Å². The number of hydrogen-bond acceptors (Lipinski definition) is 3. The van der Waals surface area contributed by atoms with Crippen LogP contribution in [0.4, 0.5) is 0 Å². The molecule has 0 bridgehead atoms. The number of aliphatic hydroxyl groups is 1. The quantitative estimate of drug-likeness (QED) is 0.651. The first-order valence-corrected chi connectivity index (χ1v) is 5.64. The van der Waals surface area contributed by atoms with Crippen LogP contribution in [0.3, 0.4) is 0 Å². The molecule has 0 aliphatic carbocycles. The predicted molar refractivity (Wildman–Crippen MR) is 63.9 cm³/mol. The third-order valence-corrected chi connectivity index (χ3v) is 2.81. The minimum Gasteiger partial charge on any atom is -0.871 e. The Kier molecular flexibility index (Phi) is 5.41. The third-order valence-electron chi connectivity index (χ3n) is 2.81. The number of nitrogens with one attached hydrogen (secondary N) is 1. The molecule has 18 heavy (non-hydrogen) atoms. The molecule has 1 aromatic heterocycles. The molecular weight excluding hydrogens is 241 g/mol. The summed E-state index contributed by atoms with van der Waals surface area (Å²) in [4.78, 5) is 13.7. The Morgan fingerprint density at radius 3 is 2.72 bits per heavy atom. The molecule has 0 saturated carbocycles. The van der Waals surface area contributed by atoms with Crippen molar-refractivity contribution in [2.75, 3.05) is 0 Å². The number of rotatable bonds is 3. The Labute approximate surface area is 127 Å². The maximum Gasteiger partial charge on any atom is 1.00 e. The van der Waals surface area contributed by atoms with E-state index in [-0.39, 0.29) is 46.4 Å². The summed E-state index contributed by atoms with van der Waals surface area (Å²) in [5, 5.41) is 22.2. The first kappa shape index (κ1) is 15.2. The summed E-state index contributed by atoms with van der Waals surface area (Å²) in [6.45, 7) is 1.98. The summed E-state index contributed by atoms with van der Waals surface area (Å²) < 4.78 is 0. The van der Waals surface area contributed by atoms with Gasteiger partial charge in [0.05, 0.1) is 6.10 Å². The van der Waals surface area contributed by atoms with Gasteiger partial charge in [-0.3, -0.25) is 4.79 Å². The van der Waals surface area contributed by atoms with Gasteiger partial charge >= 0.3 is 29.6 Å². The van der Waals surface area contributed by atoms with Crippen molar-refractivity contribution in [3.63, 3.8) is 0 Å². The van der Waals surface area contributed by atoms with Crippen LogP contribution in [-0.4, -0.2) is 10.1 Å². The Balaban J connectivity index is 0.00000162. The summed E-state index contributed by atoms with van der Waals surface area (Å²) in [6.07, 6.45) is 0.881. The summed E-state index contributed by atoms with van der Waals surface area (Å²) >= 11 is 0. The van der Waals surface area contributed by atoms with Gasteiger partial charge in [-0.25, -0.2) is 0 Å². The van der Waals surface area contributed by atoms with Crippen LogP contribution in [0.5, 0.6) is 5.75 Å². The Morgan fingerprint density at radius 2 is 2.06 bits per heavy atom. The van der Waals surface area contributed by atoms with Crippen LogP contribution in [0.15, 0.2) is 29.1 Å². The minimum atomic E-state index is -0.603. The van der Waals surface area contributed by atoms with Gasteiger partial charge in [0.1, 0.15) is 0 Å². The molecular formula is C13H14NNaO3. The standard InChI is InChI=1S/C13H15NO3.Na/c1-2-3-10(15)8-4-6-11(16)13-9(8)5-7-12(17)14-13;/h4-7,10,15-16H,2-3H2,1H3,(H,14,17);/q;+1/p-1. The van der Waals surface area contributed by atoms with E-state index in [1.165, 1.54) is 12.1 Å². The van der Waals surface area contributed by atoms with Crippen LogP contribution in [0.2, 0.25) is 0 Å². The van der Waals surface area contributed by atoms with E-state index in [0.29, 0.717) is 17.4 Å². The van der Waals surface area contributed by atoms with E-state index in [9.17, 15) is 15.0 Å². The van der Waals surface area contributed by atoms with E-state index in [1.807, 2.05) is 6.92 Å². The van der Waals surface area contributed by atoms with Gasteiger partial charge < -0.3 is 15.2 Å². The SMILES string of the molecule is CCCC(O)c1ccc([O-])c2[nH]c(=O)ccc12.[Na+]. The smallest absolute Gasteiger partial charge is 0.871 e. The Morgan fingerprint density at radius 1 is 1.33 bits per heavy atom. The van der Waals surface area contributed by atoms with Crippen LogP contribution in [0.25, 0.3) is 10.9 Å². The molecule has 2 N–H and O–H groups in total. The monoisotopic (exact) mass is 255 g/mol. The average molecular weight is 255 g/mol. The fraction of sp³-hybridized carbons (Fsp3) is 0.308. The van der Waals surface area contributed by atoms with E-state index in [4.69, 9.17) is 0 Å². The van der Waals surface area contributed by atoms with Crippen molar-refractivity contribution in [2.45, 2.75) is 25.9 Å². The van der Waals surface area contributed by atoms with Crippen LogP contribution in [0, 0.1) is 0 Å². The number of hydrogen-bond donors (Lipinski definition) is 2. The zero-order chi connectivity index (χ0) is 12.4. The van der Waals surface area contributed by atoms with Gasteiger partial charge in [0.2, 0.25) is 5.56 Å². The molecule has 1 unspecified atom stereocenters. The number of benzene rings is 1. The molecule has 2 rings (SSSR count). The van der Waals surface area contributed by atoms with Crippen molar-refractivity contribution in [2.24, 2.45) is 0 Å². The number of fused-ring (bicyclic) bond motifs is 1. The first-order chi connectivity index (χ1) is 8.13. The fourth-order valence-corrected chi connectivity index (χ4v) is 1.97. The number of aromatic amines is 1. The second-order valence-electron chi connectivity index (χ2n) is 4.07. The molecule has 0 radical (unpaired) electrons. The molecule has 0 saturated heterocycles. The molecule has 5 heteroatoms. The van der Waals surface area contributed by atoms with Gasteiger partial charge in [0.15, 0.2) is 0 Å². The molecule has 4 nitrogen and oxygen atoms in total. The Bertz CT molecular complexity index is 594. The van der Waals surface area contributed by atoms with Crippen LogP contribution in [-0.2, 0) is 0 Å². The third kappa shape index (κ3) is 2.95. The molecule has 0 aliphatic heterocycles. The summed E-state index contributed by atoms with van der Waals surface area (Å²) in [6, 6.07) is 5.96. The predicted octanol–water partition coefficient (Wildman–Crippen LogP) is -1.56. The number of aromatic nitrogens is 1. The van der Waals surface area contributed by atoms with Gasteiger partial charge in [-0.1, -0.05) is 31.2 Å². The Hall–Kier alpha value is -0.810. The number of aliphatic hydroxyl groups excluding tert-OH is 1. The van der Waals surface area contributed by atoms with Crippen molar-refractivity contribution in [3.8, 4) is 5.75 Å². The van der Waals surface area contributed by atoms with Gasteiger partial charge in [0, 0.05) is 17.0 Å². The van der Waals surface area contributed by atoms with Gasteiger partial charge in [-0.2, -0.15) is 0 Å². The van der Waals surface area contributed by atoms with Crippen LogP contribution < -0.4 is 40.2 Å². The molecule has 1 atom stereocenters. The van der Waals surface area contributed by atoms with E-state index in [2.05, 4.69) is 4.98 Å². The first-order valence-electron chi connectivity index (χ1n) is 5.64. The number of H-pyrrole nitrogens is 1. The summed E-state index contributed by atoms with van der Waals surface area (Å²) in [5.74, 6) is -0.231. The minimum absolute atomic E-state index is 0. The molecule has 0 aliphatic rings. The van der Waals surface area contributed by atoms with Crippen molar-refractivity contribution in [3.05, 3.63) is 40.2 Å². The van der Waals surface area contributed by atoms with Crippen molar-refractivity contribution in [1.82, 2.24) is 4.98 Å². The molecule has 1 heterocycles. The normalized spacial score (nSPS) is 12.1. The molecule has 0 fully saturated rings. The van der Waals surface area contributed by atoms with Crippen LogP contribution in [0.1, 0.15) is 31.4 Å². The van der Waals surface area contributed by atoms with Gasteiger partial charge in [-0.15, -0.1) is 0 Å². The second kappa shape index (κ2) is 6.38. The second-order valence-corrected chi connectivity index (χ2v) is 4.07. The molecule has 0 amide bonds. The summed E-state index contributed by atoms with van der Waals surface area (Å²) in [7, 11) is 0. The molecule has 2 aromatic rings. The van der Waals surface area contributed by atoms with E-state index >= 15 is 0 Å². The topological polar surface area (TPSA) is 76.2 Å². The van der Waals surface area contributed by atoms with Gasteiger partial charge in [-0.05, 0) is 18.1 Å². The maximum absolute atomic E-state index is 11.6. The molecule has 90 valence electrons. The van der Waals surface area contributed by atoms with Crippen molar-refractivity contribution >= 4 is 10.9 Å². The van der Waals surface area contributed by atoms with Crippen molar-refractivity contribution < 1.29 is 39.8 Å². The zero-order valence-electron chi connectivity index (χ0n) is 10.6. The molecule has 1 aromatic carbocycles. The van der Waals surface area contributed by atoms with Gasteiger partial charge in [0.25, 0.3) is 0 Å². The molecule has 0 spiro atoms. The van der Waals surface area contributed by atoms with Crippen molar-refractivity contribution in [1.29, 1.82) is 0 Å². The average Bonchev–Trinajstić information content (AvgIpc) is 2.30. The zero-order valence-corrected chi connectivity index (χ0v) is 12.6. The number of pyridine rings is 1.